The predicted molar refractivity (Wildman–Crippen MR) is 65.0 cm³/mol. The van der Waals surface area contributed by atoms with E-state index in [9.17, 15) is 18.4 Å². The number of anilines is 1. The molecule has 0 fully saturated rings. The fraction of sp³-hybridized carbons (Fsp3) is 0.333. The monoisotopic (exact) mass is 272 g/mol. The second kappa shape index (κ2) is 6.12. The second-order valence-electron chi connectivity index (χ2n) is 3.92. The first-order valence-electron chi connectivity index (χ1n) is 5.58. The Labute approximate surface area is 108 Å². The molecule has 0 saturated carbocycles. The van der Waals surface area contributed by atoms with Crippen LogP contribution in [0.4, 0.5) is 19.3 Å². The van der Waals surface area contributed by atoms with Gasteiger partial charge in [-0.1, -0.05) is 0 Å². The van der Waals surface area contributed by atoms with Gasteiger partial charge in [0.15, 0.2) is 0 Å². The van der Waals surface area contributed by atoms with Crippen LogP contribution in [0, 0.1) is 18.6 Å². The van der Waals surface area contributed by atoms with E-state index in [1.165, 1.54) is 6.92 Å². The topological polar surface area (TPSA) is 69.6 Å². The zero-order chi connectivity index (χ0) is 14.6. The molecule has 0 heterocycles. The molecule has 104 valence electrons. The Hall–Kier alpha value is -2.18. The van der Waals surface area contributed by atoms with Crippen molar-refractivity contribution in [1.82, 2.24) is 4.90 Å². The number of hydrogen-bond acceptors (Lipinski definition) is 2. The van der Waals surface area contributed by atoms with Gasteiger partial charge < -0.3 is 15.3 Å². The third-order valence-electron chi connectivity index (χ3n) is 2.48. The number of nitrogens with zero attached hydrogens (tertiary/aromatic N) is 1. The van der Waals surface area contributed by atoms with Crippen LogP contribution >= 0.6 is 0 Å². The third-order valence-corrected chi connectivity index (χ3v) is 2.48. The molecule has 1 aromatic carbocycles. The number of carboxylic acids is 1. The lowest BCUT2D eigenvalue weighted by atomic mass is 10.2. The Morgan fingerprint density at radius 3 is 2.47 bits per heavy atom. The van der Waals surface area contributed by atoms with Crippen LogP contribution in [0.25, 0.3) is 0 Å². The van der Waals surface area contributed by atoms with E-state index in [-0.39, 0.29) is 17.8 Å². The molecule has 1 aromatic rings. The molecule has 19 heavy (non-hydrogen) atoms. The highest BCUT2D eigenvalue weighted by atomic mass is 19.1. The van der Waals surface area contributed by atoms with Crippen LogP contribution in [0.5, 0.6) is 0 Å². The summed E-state index contributed by atoms with van der Waals surface area (Å²) in [7, 11) is 0. The van der Waals surface area contributed by atoms with E-state index < -0.39 is 30.2 Å². The van der Waals surface area contributed by atoms with Crippen molar-refractivity contribution in [3.05, 3.63) is 29.3 Å². The summed E-state index contributed by atoms with van der Waals surface area (Å²) in [4.78, 5) is 23.2. The number of rotatable bonds is 4. The number of hydrogen-bond donors (Lipinski definition) is 2. The number of likely N-dealkylation sites (N-methyl/N-ethyl adjacent to an activating group) is 1. The number of carbonyl (C=O) groups is 2. The van der Waals surface area contributed by atoms with Crippen molar-refractivity contribution in [3.63, 3.8) is 0 Å². The maximum absolute atomic E-state index is 13.5. The maximum Gasteiger partial charge on any atom is 0.323 e. The minimum Gasteiger partial charge on any atom is -0.480 e. The van der Waals surface area contributed by atoms with Crippen LogP contribution in [0.2, 0.25) is 0 Å². The van der Waals surface area contributed by atoms with Gasteiger partial charge >= 0.3 is 12.0 Å². The quantitative estimate of drug-likeness (QED) is 0.882. The molecule has 0 aromatic heterocycles. The minimum absolute atomic E-state index is 0.119. The van der Waals surface area contributed by atoms with Crippen molar-refractivity contribution in [1.29, 1.82) is 0 Å². The average molecular weight is 272 g/mol. The lowest BCUT2D eigenvalue weighted by Gasteiger charge is -2.19. The van der Waals surface area contributed by atoms with Crippen LogP contribution in [0.15, 0.2) is 12.1 Å². The summed E-state index contributed by atoms with van der Waals surface area (Å²) in [6, 6.07) is 1.02. The molecule has 0 spiro atoms. The molecule has 0 aliphatic rings. The number of aliphatic carboxylic acids is 1. The van der Waals surface area contributed by atoms with Gasteiger partial charge in [0.1, 0.15) is 18.2 Å². The SMILES string of the molecule is CCN(CC(=O)O)C(=O)Nc1cc(F)c(C)cc1F. The zero-order valence-electron chi connectivity index (χ0n) is 10.5. The summed E-state index contributed by atoms with van der Waals surface area (Å²) >= 11 is 0. The molecular formula is C12H14F2N2O3. The highest BCUT2D eigenvalue weighted by Crippen LogP contribution is 2.19. The fourth-order valence-corrected chi connectivity index (χ4v) is 1.43. The van der Waals surface area contributed by atoms with Gasteiger partial charge in [0.2, 0.25) is 0 Å². The number of nitrogens with one attached hydrogen (secondary N) is 1. The van der Waals surface area contributed by atoms with Crippen LogP contribution < -0.4 is 5.32 Å². The van der Waals surface area contributed by atoms with Gasteiger partial charge in [-0.15, -0.1) is 0 Å². The number of carbonyl (C=O) groups excluding carboxylic acids is 1. The molecule has 0 bridgehead atoms. The standard InChI is InChI=1S/C12H14F2N2O3/c1-3-16(6-11(17)18)12(19)15-10-5-8(13)7(2)4-9(10)14/h4-5H,3,6H2,1-2H3,(H,15,19)(H,17,18). The molecule has 0 unspecified atom stereocenters. The van der Waals surface area contributed by atoms with E-state index >= 15 is 0 Å². The summed E-state index contributed by atoms with van der Waals surface area (Å²) in [5.41, 5.74) is -0.203. The van der Waals surface area contributed by atoms with Gasteiger partial charge in [0.25, 0.3) is 0 Å². The molecule has 0 aliphatic heterocycles. The predicted octanol–water partition coefficient (Wildman–Crippen LogP) is 2.21. The molecule has 2 N–H and O–H groups in total. The van der Waals surface area contributed by atoms with Crippen LogP contribution in [-0.2, 0) is 4.79 Å². The van der Waals surface area contributed by atoms with E-state index in [0.29, 0.717) is 0 Å². The molecule has 2 amide bonds. The minimum atomic E-state index is -1.19. The van der Waals surface area contributed by atoms with Crippen LogP contribution in [0.1, 0.15) is 12.5 Å². The van der Waals surface area contributed by atoms with Crippen molar-refractivity contribution < 1.29 is 23.5 Å². The first-order chi connectivity index (χ1) is 8.85. The Morgan fingerprint density at radius 1 is 1.32 bits per heavy atom. The first kappa shape index (κ1) is 14.9. The van der Waals surface area contributed by atoms with Crippen LogP contribution in [-0.4, -0.2) is 35.1 Å². The molecule has 0 aliphatic carbocycles. The van der Waals surface area contributed by atoms with Crippen molar-refractivity contribution in [3.8, 4) is 0 Å². The highest BCUT2D eigenvalue weighted by Gasteiger charge is 2.17. The van der Waals surface area contributed by atoms with Gasteiger partial charge in [-0.25, -0.2) is 13.6 Å². The molecule has 0 saturated heterocycles. The zero-order valence-corrected chi connectivity index (χ0v) is 10.5. The summed E-state index contributed by atoms with van der Waals surface area (Å²) < 4.78 is 26.8. The molecule has 7 heteroatoms. The maximum atomic E-state index is 13.5. The Balaban J connectivity index is 2.86. The third kappa shape index (κ3) is 3.90. The van der Waals surface area contributed by atoms with Crippen molar-refractivity contribution in [2.24, 2.45) is 0 Å². The largest absolute Gasteiger partial charge is 0.480 e. The van der Waals surface area contributed by atoms with E-state index in [0.717, 1.165) is 17.0 Å². The molecule has 5 nitrogen and oxygen atoms in total. The number of amides is 2. The van der Waals surface area contributed by atoms with Crippen molar-refractivity contribution >= 4 is 17.7 Å². The van der Waals surface area contributed by atoms with E-state index in [1.54, 1.807) is 6.92 Å². The van der Waals surface area contributed by atoms with Gasteiger partial charge in [-0.2, -0.15) is 0 Å². The van der Waals surface area contributed by atoms with E-state index in [4.69, 9.17) is 5.11 Å². The number of benzene rings is 1. The smallest absolute Gasteiger partial charge is 0.323 e. The Bertz CT molecular complexity index is 506. The van der Waals surface area contributed by atoms with Gasteiger partial charge in [0, 0.05) is 12.6 Å². The highest BCUT2D eigenvalue weighted by molar-refractivity contribution is 5.91. The lowest BCUT2D eigenvalue weighted by Crippen LogP contribution is -2.38. The van der Waals surface area contributed by atoms with Crippen molar-refractivity contribution in [2.75, 3.05) is 18.4 Å². The summed E-state index contributed by atoms with van der Waals surface area (Å²) in [5.74, 6) is -2.62. The second-order valence-corrected chi connectivity index (χ2v) is 3.92. The lowest BCUT2D eigenvalue weighted by molar-refractivity contribution is -0.137. The van der Waals surface area contributed by atoms with Crippen LogP contribution in [0.3, 0.4) is 0 Å². The van der Waals surface area contributed by atoms with E-state index in [2.05, 4.69) is 5.32 Å². The summed E-state index contributed by atoms with van der Waals surface area (Å²) in [6.45, 7) is 2.59. The number of urea groups is 1. The molecule has 0 atom stereocenters. The first-order valence-corrected chi connectivity index (χ1v) is 5.58. The van der Waals surface area contributed by atoms with Gasteiger partial charge in [0.05, 0.1) is 5.69 Å². The number of aryl methyl sites for hydroxylation is 1. The number of carboxylic acid groups (broad SMARTS) is 1. The number of halogens is 2. The normalized spacial score (nSPS) is 10.1. The molecule has 0 radical (unpaired) electrons. The fourth-order valence-electron chi connectivity index (χ4n) is 1.43. The molecule has 1 rings (SSSR count). The summed E-state index contributed by atoms with van der Waals surface area (Å²) in [6.07, 6.45) is 0. The average Bonchev–Trinajstić information content (AvgIpc) is 2.32. The summed E-state index contributed by atoms with van der Waals surface area (Å²) in [5, 5.41) is 10.8. The molecular weight excluding hydrogens is 258 g/mol. The van der Waals surface area contributed by atoms with Gasteiger partial charge in [-0.3, -0.25) is 4.79 Å². The van der Waals surface area contributed by atoms with E-state index in [1.807, 2.05) is 0 Å². The van der Waals surface area contributed by atoms with Crippen molar-refractivity contribution in [2.45, 2.75) is 13.8 Å². The Kier molecular flexibility index (Phi) is 4.80. The van der Waals surface area contributed by atoms with Gasteiger partial charge in [-0.05, 0) is 25.5 Å². The Morgan fingerprint density at radius 2 is 1.95 bits per heavy atom.